The number of pyridine rings is 1. The van der Waals surface area contributed by atoms with Gasteiger partial charge in [0.25, 0.3) is 0 Å². The van der Waals surface area contributed by atoms with E-state index in [9.17, 15) is 0 Å². The highest BCUT2D eigenvalue weighted by atomic mass is 16.5. The topological polar surface area (TPSA) is 44.9 Å². The van der Waals surface area contributed by atoms with Crippen molar-refractivity contribution >= 4 is 21.8 Å². The van der Waals surface area contributed by atoms with E-state index < -0.39 is 0 Å². The van der Waals surface area contributed by atoms with E-state index in [-0.39, 0.29) is 0 Å². The Balaban J connectivity index is 1.29. The summed E-state index contributed by atoms with van der Waals surface area (Å²) in [6, 6.07) is 25.5. The van der Waals surface area contributed by atoms with Crippen LogP contribution in [0.3, 0.4) is 0 Å². The molecule has 0 unspecified atom stereocenters. The van der Waals surface area contributed by atoms with Crippen molar-refractivity contribution < 1.29 is 4.74 Å². The minimum Gasteiger partial charge on any atom is -0.457 e. The van der Waals surface area contributed by atoms with Gasteiger partial charge in [-0.25, -0.2) is 9.67 Å². The highest BCUT2D eigenvalue weighted by Crippen LogP contribution is 2.44. The normalized spacial score (nSPS) is 16.8. The molecule has 0 fully saturated rings. The summed E-state index contributed by atoms with van der Waals surface area (Å²) in [5.41, 5.74) is 10.9. The van der Waals surface area contributed by atoms with Crippen molar-refractivity contribution in [3.05, 3.63) is 119 Å². The third-order valence-corrected chi connectivity index (χ3v) is 9.70. The van der Waals surface area contributed by atoms with E-state index in [4.69, 9.17) is 14.8 Å². The van der Waals surface area contributed by atoms with Crippen LogP contribution >= 0.6 is 0 Å². The molecule has 7 rings (SSSR count). The van der Waals surface area contributed by atoms with Crippen molar-refractivity contribution in [2.75, 3.05) is 0 Å². The molecule has 0 amide bonds. The van der Waals surface area contributed by atoms with Gasteiger partial charge in [-0.05, 0) is 106 Å². The Morgan fingerprint density at radius 1 is 0.822 bits per heavy atom. The van der Waals surface area contributed by atoms with E-state index in [1.54, 1.807) is 5.57 Å². The molecule has 3 aromatic carbocycles. The van der Waals surface area contributed by atoms with Crippen LogP contribution < -0.4 is 4.74 Å². The Morgan fingerprint density at radius 3 is 2.44 bits per heavy atom. The lowest BCUT2D eigenvalue weighted by Gasteiger charge is -2.32. The van der Waals surface area contributed by atoms with Crippen LogP contribution in [-0.4, -0.2) is 19.3 Å². The summed E-state index contributed by atoms with van der Waals surface area (Å²) in [6.45, 7) is 13.3. The molecule has 2 atom stereocenters. The van der Waals surface area contributed by atoms with E-state index in [1.807, 2.05) is 12.3 Å². The second kappa shape index (κ2) is 11.7. The van der Waals surface area contributed by atoms with Crippen molar-refractivity contribution in [2.24, 2.45) is 5.92 Å². The Morgan fingerprint density at radius 2 is 1.64 bits per heavy atom. The van der Waals surface area contributed by atoms with Gasteiger partial charge >= 0.3 is 0 Å². The summed E-state index contributed by atoms with van der Waals surface area (Å²) in [5, 5.41) is 7.50. The molecule has 1 aliphatic carbocycles. The van der Waals surface area contributed by atoms with Crippen LogP contribution in [0.2, 0.25) is 0 Å². The Hall–Kier alpha value is -4.64. The average molecular weight is 595 g/mol. The number of rotatable bonds is 7. The van der Waals surface area contributed by atoms with Crippen LogP contribution in [0.15, 0.2) is 90.6 Å². The van der Waals surface area contributed by atoms with Crippen molar-refractivity contribution in [2.45, 2.75) is 73.1 Å². The van der Waals surface area contributed by atoms with Crippen LogP contribution in [0.4, 0.5) is 0 Å². The van der Waals surface area contributed by atoms with Gasteiger partial charge in [0.2, 0.25) is 0 Å². The van der Waals surface area contributed by atoms with Crippen molar-refractivity contribution in [3.8, 4) is 23.0 Å². The second-order valence-corrected chi connectivity index (χ2v) is 12.7. The van der Waals surface area contributed by atoms with Gasteiger partial charge in [-0.2, -0.15) is 5.10 Å². The largest absolute Gasteiger partial charge is 0.457 e. The van der Waals surface area contributed by atoms with E-state index >= 15 is 0 Å². The first kappa shape index (κ1) is 29.1. The molecule has 3 aromatic heterocycles. The van der Waals surface area contributed by atoms with E-state index in [2.05, 4.69) is 124 Å². The number of ether oxygens (including phenoxy) is 1. The average Bonchev–Trinajstić information content (AvgIpc) is 3.52. The highest BCUT2D eigenvalue weighted by Gasteiger charge is 2.32. The number of nitrogens with zero attached hydrogens (tertiary/aromatic N) is 4. The van der Waals surface area contributed by atoms with E-state index in [0.29, 0.717) is 11.8 Å². The number of benzene rings is 3. The first-order chi connectivity index (χ1) is 21.9. The number of para-hydroxylation sites is 1. The molecule has 228 valence electrons. The molecule has 0 radical (unpaired) electrons. The zero-order chi connectivity index (χ0) is 31.2. The molecule has 3 heterocycles. The lowest BCUT2D eigenvalue weighted by atomic mass is 9.72. The summed E-state index contributed by atoms with van der Waals surface area (Å²) < 4.78 is 11.0. The summed E-state index contributed by atoms with van der Waals surface area (Å²) >= 11 is 0. The Labute approximate surface area is 266 Å². The van der Waals surface area contributed by atoms with Gasteiger partial charge in [0, 0.05) is 46.3 Å². The summed E-state index contributed by atoms with van der Waals surface area (Å²) in [4.78, 5) is 4.73. The molecule has 5 nitrogen and oxygen atoms in total. The van der Waals surface area contributed by atoms with Crippen LogP contribution in [0.25, 0.3) is 33.3 Å². The molecule has 0 aliphatic heterocycles. The zero-order valence-corrected chi connectivity index (χ0v) is 27.3. The molecular formula is C40H42N4O. The van der Waals surface area contributed by atoms with Gasteiger partial charge in [-0.3, -0.25) is 4.57 Å². The second-order valence-electron chi connectivity index (χ2n) is 12.7. The Kier molecular flexibility index (Phi) is 7.56. The zero-order valence-electron chi connectivity index (χ0n) is 27.3. The third-order valence-electron chi connectivity index (χ3n) is 9.70. The molecule has 0 saturated heterocycles. The van der Waals surface area contributed by atoms with Gasteiger partial charge < -0.3 is 4.74 Å². The number of hydrogen-bond donors (Lipinski definition) is 0. The molecule has 0 saturated carbocycles. The number of hydrogen-bond acceptors (Lipinski definition) is 3. The van der Waals surface area contributed by atoms with Gasteiger partial charge in [0.05, 0.1) is 22.4 Å². The molecule has 45 heavy (non-hydrogen) atoms. The molecule has 0 spiro atoms. The minimum absolute atomic E-state index is 0.449. The monoisotopic (exact) mass is 594 g/mol. The van der Waals surface area contributed by atoms with Crippen LogP contribution in [0.1, 0.15) is 73.5 Å². The highest BCUT2D eigenvalue weighted by molar-refractivity contribution is 6.09. The fraction of sp³-hybridized carbons (Fsp3) is 0.300. The van der Waals surface area contributed by atoms with Gasteiger partial charge in [-0.1, -0.05) is 50.1 Å². The maximum Gasteiger partial charge on any atom is 0.137 e. The summed E-state index contributed by atoms with van der Waals surface area (Å²) in [6.07, 6.45) is 9.09. The summed E-state index contributed by atoms with van der Waals surface area (Å²) in [7, 11) is 0. The smallest absolute Gasteiger partial charge is 0.137 e. The van der Waals surface area contributed by atoms with E-state index in [1.165, 1.54) is 46.9 Å². The molecular weight excluding hydrogens is 552 g/mol. The molecule has 0 N–H and O–H groups in total. The van der Waals surface area contributed by atoms with Crippen molar-refractivity contribution in [1.82, 2.24) is 19.3 Å². The predicted molar refractivity (Wildman–Crippen MR) is 185 cm³/mol. The third kappa shape index (κ3) is 5.14. The number of aryl methyl sites for hydroxylation is 3. The van der Waals surface area contributed by atoms with Crippen molar-refractivity contribution in [3.63, 3.8) is 0 Å². The molecule has 5 heteroatoms. The van der Waals surface area contributed by atoms with Gasteiger partial charge in [-0.15, -0.1) is 0 Å². The van der Waals surface area contributed by atoms with Crippen LogP contribution in [0, 0.1) is 33.6 Å². The van der Waals surface area contributed by atoms with Crippen molar-refractivity contribution in [1.29, 1.82) is 0 Å². The standard InChI is InChI=1S/C40H42N4O/c1-7-29-12-11-13-30(8-2)40(29)39-27(5)42-44(28(39)6)31-20-26(4)21-33(23-31)45-32-16-17-35-34-14-9-10-15-36(34)43(37(35)24-32)38-22-25(3)18-19-41-38/h9-10,12,14-24,30,40H,7-8,11,13H2,1-6H3/t30-,40+/m0/s1. The lowest BCUT2D eigenvalue weighted by molar-refractivity contribution is 0.393. The minimum atomic E-state index is 0.449. The maximum atomic E-state index is 6.62. The lowest BCUT2D eigenvalue weighted by Crippen LogP contribution is -2.19. The Bertz CT molecular complexity index is 2080. The molecule has 1 aliphatic rings. The molecule has 6 aromatic rings. The van der Waals surface area contributed by atoms with Gasteiger partial charge in [0.1, 0.15) is 17.3 Å². The number of fused-ring (bicyclic) bond motifs is 3. The van der Waals surface area contributed by atoms with Crippen LogP contribution in [-0.2, 0) is 0 Å². The fourth-order valence-corrected chi connectivity index (χ4v) is 7.61. The number of aromatic nitrogens is 4. The summed E-state index contributed by atoms with van der Waals surface area (Å²) in [5.74, 6) is 3.60. The van der Waals surface area contributed by atoms with E-state index in [0.717, 1.165) is 51.7 Å². The quantitative estimate of drug-likeness (QED) is 0.173. The first-order valence-corrected chi connectivity index (χ1v) is 16.4. The SMILES string of the molecule is CCC1=CCC[C@H](CC)[C@@H]1c1c(C)nn(-c2cc(C)cc(Oc3ccc4c5ccccc5n(-c5cc(C)ccn5)c4c3)c2)c1C. The molecule has 0 bridgehead atoms. The van der Waals surface area contributed by atoms with Crippen LogP contribution in [0.5, 0.6) is 11.5 Å². The maximum absolute atomic E-state index is 6.62. The predicted octanol–water partition coefficient (Wildman–Crippen LogP) is 10.6. The fourth-order valence-electron chi connectivity index (χ4n) is 7.61. The number of allylic oxidation sites excluding steroid dienone is 2. The van der Waals surface area contributed by atoms with Gasteiger partial charge in [0.15, 0.2) is 0 Å². The first-order valence-electron chi connectivity index (χ1n) is 16.4.